The largest absolute Gasteiger partial charge is 0.185 e. The molecule has 5 nitrogen and oxygen atoms in total. The summed E-state index contributed by atoms with van der Waals surface area (Å²) < 4.78 is 32.7. The van der Waals surface area contributed by atoms with E-state index in [1.54, 1.807) is 0 Å². The first-order valence-electron chi connectivity index (χ1n) is 1.08. The van der Waals surface area contributed by atoms with Gasteiger partial charge in [0.1, 0.15) is 5.40 Å². The lowest BCUT2D eigenvalue weighted by atomic mass is 11.8. The highest BCUT2D eigenvalue weighted by Crippen LogP contribution is 1.60. The van der Waals surface area contributed by atoms with E-state index in [1.165, 1.54) is 5.40 Å². The van der Waals surface area contributed by atoms with Gasteiger partial charge in [-0.25, -0.2) is 0 Å². The van der Waals surface area contributed by atoms with Crippen LogP contribution in [0.5, 0.6) is 0 Å². The number of hydrogen-bond donors (Lipinski definition) is 2. The highest BCUT2D eigenvalue weighted by atomic mass is 35.7. The lowest BCUT2D eigenvalue weighted by molar-refractivity contribution is -1.92. The molecule has 0 radical (unpaired) electrons. The van der Waals surface area contributed by atoms with Gasteiger partial charge in [0.25, 0.3) is 0 Å². The number of thiocyanates is 1. The van der Waals surface area contributed by atoms with Crippen molar-refractivity contribution in [2.75, 3.05) is 0 Å². The van der Waals surface area contributed by atoms with Crippen molar-refractivity contribution in [2.45, 2.75) is 0 Å². The fraction of sp³-hybridized carbons (Fsp3) is 0. The fourth-order valence-corrected chi connectivity index (χ4v) is 0. The van der Waals surface area contributed by atoms with Crippen LogP contribution in [-0.2, 0) is 0 Å². The van der Waals surface area contributed by atoms with Crippen molar-refractivity contribution in [2.24, 2.45) is 0 Å². The first kappa shape index (κ1) is 10.9. The van der Waals surface area contributed by atoms with Crippen LogP contribution in [0, 0.1) is 20.9 Å². The lowest BCUT2D eigenvalue weighted by Gasteiger charge is -2.03. The average Bonchev–Trinajstić information content (AvgIpc) is 1.27. The Kier molecular flexibility index (Phi) is 6.94. The Labute approximate surface area is 52.9 Å². The maximum Gasteiger partial charge on any atom is 0.130 e. The first-order valence-corrected chi connectivity index (χ1v) is 2.79. The van der Waals surface area contributed by atoms with E-state index in [0.717, 1.165) is 0 Å². The number of thiol groups is 1. The molecule has 0 aliphatic carbocycles. The maximum atomic E-state index is 8.60. The van der Waals surface area contributed by atoms with Gasteiger partial charge in [-0.1, -0.05) is 12.6 Å². The van der Waals surface area contributed by atoms with Gasteiger partial charge < -0.3 is 0 Å². The Morgan fingerprint density at radius 2 is 1.50 bits per heavy atom. The van der Waals surface area contributed by atoms with Crippen LogP contribution in [0.4, 0.5) is 0 Å². The molecule has 0 aliphatic heterocycles. The fourth-order valence-electron chi connectivity index (χ4n) is 0. The molecule has 0 saturated carbocycles. The maximum absolute atomic E-state index is 8.60. The number of rotatable bonds is 0. The average molecular weight is 160 g/mol. The molecule has 0 spiro atoms. The minimum Gasteiger partial charge on any atom is -0.185 e. The zero-order chi connectivity index (χ0) is 7.21. The normalized spacial score (nSPS) is 8.50. The highest BCUT2D eigenvalue weighted by molar-refractivity contribution is 7.85. The van der Waals surface area contributed by atoms with Gasteiger partial charge in [0.15, 0.2) is 0 Å². The van der Waals surface area contributed by atoms with E-state index in [2.05, 4.69) is 12.6 Å². The monoisotopic (exact) mass is 159 g/mol. The van der Waals surface area contributed by atoms with Crippen molar-refractivity contribution in [1.82, 2.24) is 0 Å². The van der Waals surface area contributed by atoms with Gasteiger partial charge >= 0.3 is 0 Å². The molecule has 0 fully saturated rings. The van der Waals surface area contributed by atoms with Gasteiger partial charge in [0, 0.05) is 0 Å². The molecule has 8 heavy (non-hydrogen) atoms. The van der Waals surface area contributed by atoms with E-state index < -0.39 is 10.2 Å². The van der Waals surface area contributed by atoms with E-state index >= 15 is 0 Å². The second kappa shape index (κ2) is 5.11. The number of nitriles is 1. The summed E-state index contributed by atoms with van der Waals surface area (Å²) in [5.41, 5.74) is 0. The Morgan fingerprint density at radius 3 is 1.50 bits per heavy atom. The van der Waals surface area contributed by atoms with Gasteiger partial charge in [-0.15, -0.1) is 0 Å². The molecular weight excluding hydrogens is 158 g/mol. The molecule has 7 heteroatoms. The van der Waals surface area contributed by atoms with Gasteiger partial charge in [0.2, 0.25) is 0 Å². The second-order valence-electron chi connectivity index (χ2n) is 0.496. The van der Waals surface area contributed by atoms with Crippen molar-refractivity contribution in [3.8, 4) is 5.40 Å². The Hall–Kier alpha value is -0.0300. The van der Waals surface area contributed by atoms with Crippen LogP contribution in [-0.4, -0.2) is 4.66 Å². The van der Waals surface area contributed by atoms with E-state index in [-0.39, 0.29) is 0 Å². The second-order valence-corrected chi connectivity index (χ2v) is 1.49. The molecule has 0 atom stereocenters. The third-order valence-corrected chi connectivity index (χ3v) is 0. The van der Waals surface area contributed by atoms with Crippen LogP contribution in [0.15, 0.2) is 0 Å². The molecule has 1 N–H and O–H groups in total. The third-order valence-electron chi connectivity index (χ3n) is 0. The van der Waals surface area contributed by atoms with E-state index in [9.17, 15) is 0 Å². The molecule has 0 aliphatic rings. The van der Waals surface area contributed by atoms with Crippen LogP contribution in [0.25, 0.3) is 0 Å². The zero-order valence-corrected chi connectivity index (χ0v) is 5.09. The highest BCUT2D eigenvalue weighted by Gasteiger charge is 1.98. The third kappa shape index (κ3) is 164000. The molecule has 0 aromatic heterocycles. The van der Waals surface area contributed by atoms with Crippen LogP contribution >= 0.6 is 12.6 Å². The van der Waals surface area contributed by atoms with Crippen LogP contribution < -0.4 is 14.0 Å². The minimum absolute atomic E-state index is 1.44. The molecule has 0 bridgehead atoms. The number of hydrogen-bond acceptors (Lipinski definition) is 6. The molecular formula is CH2ClNO4S. The van der Waals surface area contributed by atoms with Gasteiger partial charge in [-0.3, -0.25) is 0 Å². The zero-order valence-electron chi connectivity index (χ0n) is 3.44. The first-order chi connectivity index (χ1) is 3.41. The summed E-state index contributed by atoms with van der Waals surface area (Å²) in [4.78, 5) is 0. The summed E-state index contributed by atoms with van der Waals surface area (Å²) in [6, 6.07) is 0. The molecule has 0 aromatic rings. The number of nitrogens with zero attached hydrogens (tertiary/aromatic N) is 1. The van der Waals surface area contributed by atoms with Gasteiger partial charge in [-0.2, -0.15) is 19.2 Å². The summed E-state index contributed by atoms with van der Waals surface area (Å²) >= 11 is 3.09. The van der Waals surface area contributed by atoms with Crippen molar-refractivity contribution < 1.29 is 28.9 Å². The van der Waals surface area contributed by atoms with Gasteiger partial charge in [-0.05, 0) is 0 Å². The quantitative estimate of drug-likeness (QED) is 0.279. The molecule has 0 aromatic carbocycles. The van der Waals surface area contributed by atoms with E-state index in [0.29, 0.717) is 0 Å². The SMILES string of the molecule is N#CS.[O-][Cl+3]([O-])([O-])O. The molecule has 0 saturated heterocycles. The topological polar surface area (TPSA) is 113 Å². The Balaban J connectivity index is 0. The Morgan fingerprint density at radius 1 is 1.50 bits per heavy atom. The lowest BCUT2D eigenvalue weighted by Crippen LogP contribution is -2.58. The minimum atomic E-state index is -4.69. The smallest absolute Gasteiger partial charge is 0.130 e. The van der Waals surface area contributed by atoms with Crippen molar-refractivity contribution >= 4 is 12.6 Å². The van der Waals surface area contributed by atoms with Crippen molar-refractivity contribution in [1.29, 1.82) is 5.26 Å². The Bertz CT molecular complexity index is 77.0. The van der Waals surface area contributed by atoms with Crippen LogP contribution in [0.3, 0.4) is 0 Å². The standard InChI is InChI=1S/CHNS.ClHO4/c2-1-3;2-1(3,4)5/h3H;(H,2,3,4,5). The molecule has 0 rings (SSSR count). The molecule has 48 valence electrons. The van der Waals surface area contributed by atoms with Gasteiger partial charge in [0.05, 0.1) is 14.9 Å². The van der Waals surface area contributed by atoms with Crippen LogP contribution in [0.1, 0.15) is 0 Å². The number of halogens is 1. The summed E-state index contributed by atoms with van der Waals surface area (Å²) in [7, 11) is -4.69. The van der Waals surface area contributed by atoms with E-state index in [1.807, 2.05) is 0 Å². The molecule has 0 unspecified atom stereocenters. The molecule has 0 heterocycles. The summed E-state index contributed by atoms with van der Waals surface area (Å²) in [5.74, 6) is 0. The molecule has 0 amide bonds. The predicted octanol–water partition coefficient (Wildman–Crippen LogP) is -3.73. The predicted molar refractivity (Wildman–Crippen MR) is 16.8 cm³/mol. The summed E-state index contributed by atoms with van der Waals surface area (Å²) in [6.45, 7) is 0. The summed E-state index contributed by atoms with van der Waals surface area (Å²) in [5, 5.41) is 8.63. The van der Waals surface area contributed by atoms with Crippen LogP contribution in [0.2, 0.25) is 0 Å². The summed E-state index contributed by atoms with van der Waals surface area (Å²) in [6.07, 6.45) is 0. The van der Waals surface area contributed by atoms with E-state index in [4.69, 9.17) is 23.9 Å². The van der Waals surface area contributed by atoms with Crippen molar-refractivity contribution in [3.05, 3.63) is 0 Å². The van der Waals surface area contributed by atoms with Crippen molar-refractivity contribution in [3.63, 3.8) is 0 Å².